The van der Waals surface area contributed by atoms with Crippen LogP contribution in [0.3, 0.4) is 0 Å². The van der Waals surface area contributed by atoms with Crippen LogP contribution in [0.1, 0.15) is 36.0 Å². The third-order valence-corrected chi connectivity index (χ3v) is 3.50. The molecule has 1 amide bonds. The summed E-state index contributed by atoms with van der Waals surface area (Å²) in [6.07, 6.45) is 4.02. The summed E-state index contributed by atoms with van der Waals surface area (Å²) in [5.74, 6) is -1.05. The molecule has 2 heterocycles. The van der Waals surface area contributed by atoms with Gasteiger partial charge in [0.2, 0.25) is 0 Å². The number of carboxylic acids is 1. The molecule has 1 aromatic heterocycles. The van der Waals surface area contributed by atoms with Crippen LogP contribution in [0.5, 0.6) is 0 Å². The Bertz CT molecular complexity index is 475. The molecule has 0 aliphatic carbocycles. The Morgan fingerprint density at radius 2 is 2.21 bits per heavy atom. The Morgan fingerprint density at radius 1 is 1.42 bits per heavy atom. The summed E-state index contributed by atoms with van der Waals surface area (Å²) in [5, 5.41) is 9.24. The van der Waals surface area contributed by atoms with Crippen molar-refractivity contribution < 1.29 is 14.7 Å². The van der Waals surface area contributed by atoms with Crippen molar-refractivity contribution in [3.8, 4) is 0 Å². The van der Waals surface area contributed by atoms with Crippen LogP contribution in [-0.4, -0.2) is 39.5 Å². The smallest absolute Gasteiger partial charge is 0.305 e. The van der Waals surface area contributed by atoms with E-state index in [0.717, 1.165) is 19.3 Å². The molecule has 1 aliphatic rings. The average Bonchev–Trinajstić information content (AvgIpc) is 2.39. The van der Waals surface area contributed by atoms with Gasteiger partial charge in [0.25, 0.3) is 5.91 Å². The first-order chi connectivity index (χ1) is 9.08. The lowest BCUT2D eigenvalue weighted by molar-refractivity contribution is -0.138. The normalized spacial score (nSPS) is 19.2. The van der Waals surface area contributed by atoms with Crippen molar-refractivity contribution in [2.45, 2.75) is 31.7 Å². The number of rotatable bonds is 3. The van der Waals surface area contributed by atoms with Crippen molar-refractivity contribution in [1.29, 1.82) is 0 Å². The second-order valence-corrected chi connectivity index (χ2v) is 5.00. The number of likely N-dealkylation sites (tertiary alicyclic amines) is 1. The van der Waals surface area contributed by atoms with Crippen molar-refractivity contribution in [3.05, 3.63) is 29.0 Å². The summed E-state index contributed by atoms with van der Waals surface area (Å²) in [5.41, 5.74) is 0.446. The van der Waals surface area contributed by atoms with Gasteiger partial charge in [-0.1, -0.05) is 11.6 Å². The summed E-state index contributed by atoms with van der Waals surface area (Å²) < 4.78 is 0. The van der Waals surface area contributed by atoms with E-state index in [-0.39, 0.29) is 18.4 Å². The Labute approximate surface area is 116 Å². The van der Waals surface area contributed by atoms with Crippen molar-refractivity contribution in [1.82, 2.24) is 9.88 Å². The maximum absolute atomic E-state index is 12.4. The zero-order valence-electron chi connectivity index (χ0n) is 10.4. The lowest BCUT2D eigenvalue weighted by Gasteiger charge is -2.35. The molecule has 1 fully saturated rings. The van der Waals surface area contributed by atoms with Crippen LogP contribution in [0, 0.1) is 0 Å². The first-order valence-electron chi connectivity index (χ1n) is 6.22. The molecule has 2 rings (SSSR count). The third-order valence-electron chi connectivity index (χ3n) is 3.27. The molecule has 0 radical (unpaired) electrons. The van der Waals surface area contributed by atoms with E-state index in [0.29, 0.717) is 17.3 Å². The van der Waals surface area contributed by atoms with E-state index in [4.69, 9.17) is 16.7 Å². The van der Waals surface area contributed by atoms with E-state index in [1.54, 1.807) is 17.0 Å². The van der Waals surface area contributed by atoms with Gasteiger partial charge in [-0.3, -0.25) is 9.59 Å². The van der Waals surface area contributed by atoms with Crippen LogP contribution >= 0.6 is 11.6 Å². The Kier molecular flexibility index (Phi) is 4.37. The number of aliphatic carboxylic acids is 1. The Balaban J connectivity index is 2.15. The minimum atomic E-state index is -0.876. The number of hydrogen-bond donors (Lipinski definition) is 1. The number of aromatic nitrogens is 1. The summed E-state index contributed by atoms with van der Waals surface area (Å²) in [6.45, 7) is 0.597. The molecule has 0 saturated carbocycles. The van der Waals surface area contributed by atoms with Crippen LogP contribution in [-0.2, 0) is 4.79 Å². The van der Waals surface area contributed by atoms with Crippen molar-refractivity contribution in [2.24, 2.45) is 0 Å². The van der Waals surface area contributed by atoms with Crippen LogP contribution in [0.4, 0.5) is 0 Å². The van der Waals surface area contributed by atoms with Gasteiger partial charge in [-0.05, 0) is 31.4 Å². The minimum absolute atomic E-state index is 0.00718. The van der Waals surface area contributed by atoms with Gasteiger partial charge in [0.05, 0.1) is 12.0 Å². The summed E-state index contributed by atoms with van der Waals surface area (Å²) in [7, 11) is 0. The molecule has 102 valence electrons. The van der Waals surface area contributed by atoms with Crippen molar-refractivity contribution in [2.75, 3.05) is 6.54 Å². The van der Waals surface area contributed by atoms with Gasteiger partial charge >= 0.3 is 5.97 Å². The molecule has 19 heavy (non-hydrogen) atoms. The molecule has 0 spiro atoms. The van der Waals surface area contributed by atoms with Gasteiger partial charge in [-0.15, -0.1) is 0 Å². The molecular weight excluding hydrogens is 268 g/mol. The monoisotopic (exact) mass is 282 g/mol. The Hall–Kier alpha value is -1.62. The van der Waals surface area contributed by atoms with Crippen LogP contribution in [0.2, 0.25) is 5.15 Å². The largest absolute Gasteiger partial charge is 0.481 e. The van der Waals surface area contributed by atoms with Crippen molar-refractivity contribution in [3.63, 3.8) is 0 Å². The highest BCUT2D eigenvalue weighted by atomic mass is 35.5. The number of pyridine rings is 1. The van der Waals surface area contributed by atoms with E-state index in [2.05, 4.69) is 4.98 Å². The summed E-state index contributed by atoms with van der Waals surface area (Å²) in [4.78, 5) is 28.7. The molecule has 1 aliphatic heterocycles. The fourth-order valence-electron chi connectivity index (χ4n) is 2.35. The number of carbonyl (C=O) groups is 2. The number of hydrogen-bond acceptors (Lipinski definition) is 3. The van der Waals surface area contributed by atoms with Crippen LogP contribution in [0.25, 0.3) is 0 Å². The SMILES string of the molecule is O=C(O)CC1CCCCN1C(=O)c1ccc(Cl)nc1. The van der Waals surface area contributed by atoms with Gasteiger partial charge in [0, 0.05) is 18.8 Å². The summed E-state index contributed by atoms with van der Waals surface area (Å²) in [6, 6.07) is 2.95. The number of amides is 1. The maximum Gasteiger partial charge on any atom is 0.305 e. The lowest BCUT2D eigenvalue weighted by atomic mass is 9.98. The fourth-order valence-corrected chi connectivity index (χ4v) is 2.46. The quantitative estimate of drug-likeness (QED) is 0.863. The molecule has 1 N–H and O–H groups in total. The topological polar surface area (TPSA) is 70.5 Å². The van der Waals surface area contributed by atoms with Gasteiger partial charge in [-0.2, -0.15) is 0 Å². The molecule has 1 saturated heterocycles. The highest BCUT2D eigenvalue weighted by molar-refractivity contribution is 6.29. The number of halogens is 1. The van der Waals surface area contributed by atoms with E-state index < -0.39 is 5.97 Å². The van der Waals surface area contributed by atoms with E-state index in [1.165, 1.54) is 6.20 Å². The fraction of sp³-hybridized carbons (Fsp3) is 0.462. The van der Waals surface area contributed by atoms with Crippen LogP contribution < -0.4 is 0 Å². The number of carbonyl (C=O) groups excluding carboxylic acids is 1. The molecular formula is C13H15ClN2O3. The summed E-state index contributed by atoms with van der Waals surface area (Å²) >= 11 is 5.69. The zero-order valence-corrected chi connectivity index (χ0v) is 11.1. The molecule has 5 nitrogen and oxygen atoms in total. The second kappa shape index (κ2) is 6.02. The van der Waals surface area contributed by atoms with Crippen LogP contribution in [0.15, 0.2) is 18.3 Å². The molecule has 1 unspecified atom stereocenters. The predicted octanol–water partition coefficient (Wildman–Crippen LogP) is 2.20. The molecule has 0 bridgehead atoms. The third kappa shape index (κ3) is 3.44. The Morgan fingerprint density at radius 3 is 2.84 bits per heavy atom. The number of piperidine rings is 1. The van der Waals surface area contributed by atoms with E-state index >= 15 is 0 Å². The first-order valence-corrected chi connectivity index (χ1v) is 6.60. The standard InChI is InChI=1S/C13H15ClN2O3/c14-11-5-4-9(8-15-11)13(19)16-6-2-1-3-10(16)7-12(17)18/h4-5,8,10H,1-3,6-7H2,(H,17,18). The lowest BCUT2D eigenvalue weighted by Crippen LogP contribution is -2.44. The average molecular weight is 283 g/mol. The van der Waals surface area contributed by atoms with E-state index in [9.17, 15) is 9.59 Å². The highest BCUT2D eigenvalue weighted by Crippen LogP contribution is 2.22. The maximum atomic E-state index is 12.4. The number of nitrogens with zero attached hydrogens (tertiary/aromatic N) is 2. The molecule has 6 heteroatoms. The minimum Gasteiger partial charge on any atom is -0.481 e. The van der Waals surface area contributed by atoms with Crippen molar-refractivity contribution >= 4 is 23.5 Å². The first kappa shape index (κ1) is 13.8. The second-order valence-electron chi connectivity index (χ2n) is 4.62. The number of carboxylic acid groups (broad SMARTS) is 1. The van der Waals surface area contributed by atoms with Gasteiger partial charge in [-0.25, -0.2) is 4.98 Å². The van der Waals surface area contributed by atoms with Gasteiger partial charge in [0.15, 0.2) is 0 Å². The molecule has 1 aromatic rings. The highest BCUT2D eigenvalue weighted by Gasteiger charge is 2.29. The predicted molar refractivity (Wildman–Crippen MR) is 70.2 cm³/mol. The molecule has 0 aromatic carbocycles. The van der Waals surface area contributed by atoms with Gasteiger partial charge < -0.3 is 10.0 Å². The molecule has 1 atom stereocenters. The zero-order chi connectivity index (χ0) is 13.8. The van der Waals surface area contributed by atoms with Gasteiger partial charge in [0.1, 0.15) is 5.15 Å². The van der Waals surface area contributed by atoms with E-state index in [1.807, 2.05) is 0 Å².